The Hall–Kier alpha value is -2.34. The van der Waals surface area contributed by atoms with Crippen molar-refractivity contribution < 1.29 is 14.3 Å². The number of methoxy groups -OCH3 is 1. The summed E-state index contributed by atoms with van der Waals surface area (Å²) in [7, 11) is 1.58. The molecule has 0 saturated carbocycles. The molecular weight excluding hydrogens is 360 g/mol. The van der Waals surface area contributed by atoms with Gasteiger partial charge in [-0.1, -0.05) is 18.2 Å². The first-order valence-corrected chi connectivity index (χ1v) is 7.91. The summed E-state index contributed by atoms with van der Waals surface area (Å²) < 4.78 is 5.88. The van der Waals surface area contributed by atoms with Crippen LogP contribution in [0.15, 0.2) is 53.0 Å². The first-order chi connectivity index (χ1) is 11.1. The van der Waals surface area contributed by atoms with Gasteiger partial charge in [0, 0.05) is 16.2 Å². The van der Waals surface area contributed by atoms with Crippen LogP contribution in [0.25, 0.3) is 0 Å². The van der Waals surface area contributed by atoms with Crippen molar-refractivity contribution in [1.29, 1.82) is 0 Å². The van der Waals surface area contributed by atoms with Gasteiger partial charge in [-0.25, -0.2) is 4.90 Å². The maximum absolute atomic E-state index is 12.6. The van der Waals surface area contributed by atoms with Gasteiger partial charge in [-0.15, -0.1) is 0 Å². The maximum Gasteiger partial charge on any atom is 0.256 e. The molecule has 1 N–H and O–H groups in total. The second-order valence-electron chi connectivity index (χ2n) is 5.15. The van der Waals surface area contributed by atoms with E-state index in [1.165, 1.54) is 4.90 Å². The van der Waals surface area contributed by atoms with E-state index in [9.17, 15) is 9.59 Å². The van der Waals surface area contributed by atoms with Gasteiger partial charge in [0.1, 0.15) is 11.8 Å². The molecule has 1 fully saturated rings. The Morgan fingerprint density at radius 1 is 1.17 bits per heavy atom. The predicted octanol–water partition coefficient (Wildman–Crippen LogP) is 3.20. The predicted molar refractivity (Wildman–Crippen MR) is 91.7 cm³/mol. The highest BCUT2D eigenvalue weighted by Gasteiger charge is 2.40. The summed E-state index contributed by atoms with van der Waals surface area (Å²) in [5.74, 6) is 0.210. The van der Waals surface area contributed by atoms with Crippen molar-refractivity contribution in [3.63, 3.8) is 0 Å². The third-order valence-electron chi connectivity index (χ3n) is 3.65. The fourth-order valence-corrected chi connectivity index (χ4v) is 3.01. The molecular formula is C17H15BrN2O3. The number of hydrogen-bond acceptors (Lipinski definition) is 4. The lowest BCUT2D eigenvalue weighted by Crippen LogP contribution is -2.35. The third kappa shape index (κ3) is 3.07. The smallest absolute Gasteiger partial charge is 0.256 e. The van der Waals surface area contributed by atoms with Gasteiger partial charge in [0.05, 0.1) is 19.2 Å². The third-order valence-corrected chi connectivity index (χ3v) is 4.32. The molecule has 23 heavy (non-hydrogen) atoms. The zero-order chi connectivity index (χ0) is 16.4. The molecule has 2 amide bonds. The molecule has 6 heteroatoms. The summed E-state index contributed by atoms with van der Waals surface area (Å²) in [4.78, 5) is 26.1. The number of halogens is 1. The molecule has 2 aromatic carbocycles. The number of amides is 2. The molecule has 1 aliphatic heterocycles. The van der Waals surface area contributed by atoms with Crippen molar-refractivity contribution >= 4 is 39.1 Å². The minimum Gasteiger partial charge on any atom is -0.497 e. The van der Waals surface area contributed by atoms with Crippen LogP contribution >= 0.6 is 15.9 Å². The minimum absolute atomic E-state index is 0.122. The number of carbonyl (C=O) groups excluding carboxylic acids is 2. The summed E-state index contributed by atoms with van der Waals surface area (Å²) in [6.45, 7) is 0. The largest absolute Gasteiger partial charge is 0.497 e. The van der Waals surface area contributed by atoms with Crippen LogP contribution in [-0.2, 0) is 9.59 Å². The number of rotatable bonds is 4. The molecule has 2 aromatic rings. The van der Waals surface area contributed by atoms with Gasteiger partial charge in [0.15, 0.2) is 0 Å². The summed E-state index contributed by atoms with van der Waals surface area (Å²) in [6.07, 6.45) is 0.122. The summed E-state index contributed by atoms with van der Waals surface area (Å²) in [5, 5.41) is 3.11. The Morgan fingerprint density at radius 3 is 2.70 bits per heavy atom. The lowest BCUT2D eigenvalue weighted by Gasteiger charge is -2.17. The van der Waals surface area contributed by atoms with Gasteiger partial charge in [-0.2, -0.15) is 0 Å². The van der Waals surface area contributed by atoms with Gasteiger partial charge in [0.25, 0.3) is 5.91 Å². The highest BCUT2D eigenvalue weighted by atomic mass is 79.9. The van der Waals surface area contributed by atoms with E-state index in [0.717, 1.165) is 5.69 Å². The fourth-order valence-electron chi connectivity index (χ4n) is 2.54. The molecule has 0 radical (unpaired) electrons. The minimum atomic E-state index is -0.582. The molecule has 1 atom stereocenters. The van der Waals surface area contributed by atoms with E-state index in [0.29, 0.717) is 15.9 Å². The average molecular weight is 375 g/mol. The van der Waals surface area contributed by atoms with Gasteiger partial charge >= 0.3 is 0 Å². The molecule has 1 heterocycles. The number of nitrogens with zero attached hydrogens (tertiary/aromatic N) is 1. The second kappa shape index (κ2) is 6.42. The Labute approximate surface area is 142 Å². The van der Waals surface area contributed by atoms with Crippen LogP contribution in [0.4, 0.5) is 11.4 Å². The van der Waals surface area contributed by atoms with Crippen LogP contribution < -0.4 is 15.0 Å². The van der Waals surface area contributed by atoms with Crippen molar-refractivity contribution in [3.8, 4) is 5.75 Å². The van der Waals surface area contributed by atoms with Crippen LogP contribution in [0.2, 0.25) is 0 Å². The van der Waals surface area contributed by atoms with Crippen molar-refractivity contribution in [1.82, 2.24) is 0 Å². The molecule has 0 aromatic heterocycles. The topological polar surface area (TPSA) is 58.6 Å². The van der Waals surface area contributed by atoms with E-state index in [-0.39, 0.29) is 18.2 Å². The summed E-state index contributed by atoms with van der Waals surface area (Å²) in [6, 6.07) is 13.9. The zero-order valence-corrected chi connectivity index (χ0v) is 14.0. The number of imide groups is 1. The van der Waals surface area contributed by atoms with E-state index in [4.69, 9.17) is 4.74 Å². The Bertz CT molecular complexity index is 763. The van der Waals surface area contributed by atoms with Crippen LogP contribution in [0, 0.1) is 0 Å². The van der Waals surface area contributed by atoms with Crippen LogP contribution in [0.5, 0.6) is 5.75 Å². The van der Waals surface area contributed by atoms with E-state index < -0.39 is 6.04 Å². The van der Waals surface area contributed by atoms with Crippen LogP contribution in [-0.4, -0.2) is 25.0 Å². The normalized spacial score (nSPS) is 17.5. The quantitative estimate of drug-likeness (QED) is 0.834. The number of nitrogens with one attached hydrogen (secondary N) is 1. The lowest BCUT2D eigenvalue weighted by molar-refractivity contribution is -0.121. The van der Waals surface area contributed by atoms with Crippen LogP contribution in [0.3, 0.4) is 0 Å². The SMILES string of the molecule is COc1cccc(N[C@H]2CC(=O)N(c3ccccc3Br)C2=O)c1. The number of hydrogen-bond donors (Lipinski definition) is 1. The number of carbonyl (C=O) groups is 2. The molecule has 0 bridgehead atoms. The first kappa shape index (κ1) is 15.6. The van der Waals surface area contributed by atoms with Gasteiger partial charge < -0.3 is 10.1 Å². The van der Waals surface area contributed by atoms with Gasteiger partial charge in [-0.3, -0.25) is 9.59 Å². The number of benzene rings is 2. The molecule has 1 aliphatic rings. The standard InChI is InChI=1S/C17H15BrN2O3/c1-23-12-6-4-5-11(9-12)19-14-10-16(21)20(17(14)22)15-8-3-2-7-13(15)18/h2-9,14,19H,10H2,1H3/t14-/m0/s1. The molecule has 0 aliphatic carbocycles. The molecule has 0 spiro atoms. The molecule has 0 unspecified atom stereocenters. The molecule has 3 rings (SSSR count). The lowest BCUT2D eigenvalue weighted by atomic mass is 10.2. The molecule has 1 saturated heterocycles. The Kier molecular flexibility index (Phi) is 4.34. The Morgan fingerprint density at radius 2 is 1.96 bits per heavy atom. The zero-order valence-electron chi connectivity index (χ0n) is 12.5. The summed E-state index contributed by atoms with van der Waals surface area (Å²) in [5.41, 5.74) is 1.31. The van der Waals surface area contributed by atoms with E-state index >= 15 is 0 Å². The van der Waals surface area contributed by atoms with Gasteiger partial charge in [-0.05, 0) is 40.2 Å². The van der Waals surface area contributed by atoms with Crippen molar-refractivity contribution in [2.45, 2.75) is 12.5 Å². The number of ether oxygens (including phenoxy) is 1. The van der Waals surface area contributed by atoms with Crippen molar-refractivity contribution in [3.05, 3.63) is 53.0 Å². The van der Waals surface area contributed by atoms with Crippen molar-refractivity contribution in [2.75, 3.05) is 17.3 Å². The van der Waals surface area contributed by atoms with Crippen LogP contribution in [0.1, 0.15) is 6.42 Å². The summed E-state index contributed by atoms with van der Waals surface area (Å²) >= 11 is 3.38. The van der Waals surface area contributed by atoms with E-state index in [1.807, 2.05) is 24.3 Å². The average Bonchev–Trinajstić information content (AvgIpc) is 2.82. The monoisotopic (exact) mass is 374 g/mol. The number of anilines is 2. The maximum atomic E-state index is 12.6. The Balaban J connectivity index is 1.82. The first-order valence-electron chi connectivity index (χ1n) is 7.12. The molecule has 5 nitrogen and oxygen atoms in total. The van der Waals surface area contributed by atoms with E-state index in [1.54, 1.807) is 31.4 Å². The van der Waals surface area contributed by atoms with E-state index in [2.05, 4.69) is 21.2 Å². The highest BCUT2D eigenvalue weighted by molar-refractivity contribution is 9.10. The van der Waals surface area contributed by atoms with Crippen molar-refractivity contribution in [2.24, 2.45) is 0 Å². The fraction of sp³-hybridized carbons (Fsp3) is 0.176. The van der Waals surface area contributed by atoms with Gasteiger partial charge in [0.2, 0.25) is 5.91 Å². The number of para-hydroxylation sites is 1. The highest BCUT2D eigenvalue weighted by Crippen LogP contribution is 2.31. The molecule has 118 valence electrons. The second-order valence-corrected chi connectivity index (χ2v) is 6.01.